The predicted molar refractivity (Wildman–Crippen MR) is 102 cm³/mol. The molecule has 0 radical (unpaired) electrons. The molecule has 25 heavy (non-hydrogen) atoms. The third kappa shape index (κ3) is 2.65. The molecule has 0 spiro atoms. The van der Waals surface area contributed by atoms with Gasteiger partial charge in [0.25, 0.3) is 0 Å². The molecule has 122 valence electrons. The minimum Gasteiger partial charge on any atom is -0.335 e. The third-order valence-corrected chi connectivity index (χ3v) is 4.13. The molecule has 0 aliphatic rings. The van der Waals surface area contributed by atoms with Crippen molar-refractivity contribution in [3.05, 3.63) is 73.1 Å². The normalized spacial score (nSPS) is 12.4. The molecular formula is C20H17N5. The van der Waals surface area contributed by atoms with Crippen LogP contribution < -0.4 is 0 Å². The van der Waals surface area contributed by atoms with E-state index < -0.39 is 0 Å². The minimum absolute atomic E-state index is 0.732. The van der Waals surface area contributed by atoms with Crippen LogP contribution >= 0.6 is 0 Å². The summed E-state index contributed by atoms with van der Waals surface area (Å²) >= 11 is 0. The van der Waals surface area contributed by atoms with Gasteiger partial charge in [-0.05, 0) is 36.3 Å². The number of fused-ring (bicyclic) bond motifs is 2. The van der Waals surface area contributed by atoms with Crippen molar-refractivity contribution < 1.29 is 0 Å². The summed E-state index contributed by atoms with van der Waals surface area (Å²) in [7, 11) is 0. The third-order valence-electron chi connectivity index (χ3n) is 4.13. The van der Waals surface area contributed by atoms with Gasteiger partial charge in [-0.2, -0.15) is 5.10 Å². The van der Waals surface area contributed by atoms with Gasteiger partial charge in [-0.1, -0.05) is 36.9 Å². The van der Waals surface area contributed by atoms with Gasteiger partial charge in [-0.3, -0.25) is 10.1 Å². The van der Waals surface area contributed by atoms with E-state index in [1.54, 1.807) is 18.5 Å². The van der Waals surface area contributed by atoms with Crippen LogP contribution in [0.1, 0.15) is 12.5 Å². The van der Waals surface area contributed by atoms with Gasteiger partial charge in [-0.25, -0.2) is 4.98 Å². The first-order valence-corrected chi connectivity index (χ1v) is 8.04. The number of allylic oxidation sites excluding steroid dienone is 5. The van der Waals surface area contributed by atoms with Gasteiger partial charge in [0, 0.05) is 11.6 Å². The highest BCUT2D eigenvalue weighted by molar-refractivity contribution is 5.95. The first kappa shape index (κ1) is 15.1. The number of nitrogens with one attached hydrogen (secondary N) is 2. The molecule has 3 heterocycles. The predicted octanol–water partition coefficient (Wildman–Crippen LogP) is 4.65. The molecule has 5 nitrogen and oxygen atoms in total. The van der Waals surface area contributed by atoms with Crippen LogP contribution in [0.2, 0.25) is 0 Å². The second kappa shape index (κ2) is 6.20. The van der Waals surface area contributed by atoms with Crippen LogP contribution in [-0.2, 0) is 0 Å². The molecule has 1 aromatic carbocycles. The lowest BCUT2D eigenvalue weighted by Gasteiger charge is -2.02. The van der Waals surface area contributed by atoms with E-state index >= 15 is 0 Å². The zero-order valence-corrected chi connectivity index (χ0v) is 13.8. The van der Waals surface area contributed by atoms with Crippen LogP contribution in [0.25, 0.3) is 39.0 Å². The Labute approximate surface area is 144 Å². The molecule has 5 heteroatoms. The van der Waals surface area contributed by atoms with Crippen molar-refractivity contribution in [3.63, 3.8) is 0 Å². The zero-order valence-electron chi connectivity index (χ0n) is 13.8. The molecule has 2 N–H and O–H groups in total. The number of hydrogen-bond donors (Lipinski definition) is 2. The van der Waals surface area contributed by atoms with Gasteiger partial charge in [0.05, 0.1) is 22.7 Å². The molecule has 0 bridgehead atoms. The first-order chi connectivity index (χ1) is 12.3. The van der Waals surface area contributed by atoms with Crippen molar-refractivity contribution in [1.82, 2.24) is 25.1 Å². The number of pyridine rings is 1. The first-order valence-electron chi connectivity index (χ1n) is 8.04. The maximum absolute atomic E-state index is 4.63. The van der Waals surface area contributed by atoms with Gasteiger partial charge >= 0.3 is 0 Å². The lowest BCUT2D eigenvalue weighted by molar-refractivity contribution is 1.11. The van der Waals surface area contributed by atoms with Crippen molar-refractivity contribution in [3.8, 4) is 11.5 Å². The van der Waals surface area contributed by atoms with Crippen LogP contribution in [0.4, 0.5) is 0 Å². The van der Waals surface area contributed by atoms with Crippen molar-refractivity contribution in [2.45, 2.75) is 6.92 Å². The Morgan fingerprint density at radius 3 is 2.92 bits per heavy atom. The SMILES string of the molecule is C=C/C=C\C(=C/C)c1ccc2[nH]nc(-c3nc4ccncc4[nH]3)c2c1. The molecule has 3 aromatic heterocycles. The maximum atomic E-state index is 4.63. The van der Waals surface area contributed by atoms with E-state index in [1.807, 2.05) is 31.2 Å². The molecule has 0 saturated carbocycles. The fraction of sp³-hybridized carbons (Fsp3) is 0.0500. The molecule has 0 amide bonds. The van der Waals surface area contributed by atoms with Crippen LogP contribution in [0.3, 0.4) is 0 Å². The summed E-state index contributed by atoms with van der Waals surface area (Å²) in [5.41, 5.74) is 5.79. The molecule has 4 aromatic rings. The van der Waals surface area contributed by atoms with E-state index in [4.69, 9.17) is 0 Å². The van der Waals surface area contributed by atoms with E-state index in [0.29, 0.717) is 0 Å². The van der Waals surface area contributed by atoms with Crippen LogP contribution in [-0.4, -0.2) is 25.1 Å². The number of imidazole rings is 1. The van der Waals surface area contributed by atoms with Gasteiger partial charge in [-0.15, -0.1) is 0 Å². The second-order valence-corrected chi connectivity index (χ2v) is 5.65. The molecule has 0 unspecified atom stereocenters. The Kier molecular flexibility index (Phi) is 3.74. The Morgan fingerprint density at radius 2 is 2.12 bits per heavy atom. The summed E-state index contributed by atoms with van der Waals surface area (Å²) < 4.78 is 0. The fourth-order valence-corrected chi connectivity index (χ4v) is 2.87. The quantitative estimate of drug-likeness (QED) is 0.536. The average Bonchev–Trinajstić information content (AvgIpc) is 3.25. The largest absolute Gasteiger partial charge is 0.335 e. The van der Waals surface area contributed by atoms with Crippen molar-refractivity contribution >= 4 is 27.5 Å². The molecule has 0 saturated heterocycles. The average molecular weight is 327 g/mol. The summed E-state index contributed by atoms with van der Waals surface area (Å²) in [4.78, 5) is 12.0. The van der Waals surface area contributed by atoms with Gasteiger partial charge in [0.15, 0.2) is 5.82 Å². The lowest BCUT2D eigenvalue weighted by atomic mass is 10.0. The molecular weight excluding hydrogens is 310 g/mol. The van der Waals surface area contributed by atoms with Crippen molar-refractivity contribution in [2.75, 3.05) is 0 Å². The number of aromatic amines is 2. The number of aromatic nitrogens is 5. The number of H-pyrrole nitrogens is 2. The highest BCUT2D eigenvalue weighted by Gasteiger charge is 2.13. The topological polar surface area (TPSA) is 70.2 Å². The fourth-order valence-electron chi connectivity index (χ4n) is 2.87. The van der Waals surface area contributed by atoms with E-state index in [0.717, 1.165) is 44.6 Å². The number of nitrogens with zero attached hydrogens (tertiary/aromatic N) is 3. The number of rotatable bonds is 4. The Hall–Kier alpha value is -3.47. The van der Waals surface area contributed by atoms with Gasteiger partial charge < -0.3 is 4.98 Å². The van der Waals surface area contributed by atoms with Gasteiger partial charge in [0.1, 0.15) is 5.69 Å². The number of benzene rings is 1. The van der Waals surface area contributed by atoms with Crippen LogP contribution in [0.5, 0.6) is 0 Å². The summed E-state index contributed by atoms with van der Waals surface area (Å²) in [6, 6.07) is 8.13. The Bertz CT molecular complexity index is 1090. The second-order valence-electron chi connectivity index (χ2n) is 5.65. The standard InChI is InChI=1S/C20H17N5/c1-3-5-6-13(4-2)14-7-8-16-15(11-14)19(25-24-16)20-22-17-9-10-21-12-18(17)23-20/h3-12H,1H2,2H3,(H,22,23)(H,24,25)/b6-5-,13-4+. The summed E-state index contributed by atoms with van der Waals surface area (Å²) in [6.07, 6.45) is 11.3. The highest BCUT2D eigenvalue weighted by Crippen LogP contribution is 2.29. The van der Waals surface area contributed by atoms with E-state index in [2.05, 4.69) is 49.9 Å². The molecule has 0 atom stereocenters. The molecule has 0 aliphatic heterocycles. The summed E-state index contributed by atoms with van der Waals surface area (Å²) in [6.45, 7) is 5.75. The van der Waals surface area contributed by atoms with E-state index in [9.17, 15) is 0 Å². The van der Waals surface area contributed by atoms with Crippen molar-refractivity contribution in [1.29, 1.82) is 0 Å². The van der Waals surface area contributed by atoms with Crippen LogP contribution in [0.15, 0.2) is 67.5 Å². The minimum atomic E-state index is 0.732. The lowest BCUT2D eigenvalue weighted by Crippen LogP contribution is -1.84. The molecule has 0 fully saturated rings. The Balaban J connectivity index is 1.86. The summed E-state index contributed by atoms with van der Waals surface area (Å²) in [5.74, 6) is 0.732. The molecule has 0 aliphatic carbocycles. The zero-order chi connectivity index (χ0) is 17.2. The van der Waals surface area contributed by atoms with E-state index in [1.165, 1.54) is 0 Å². The van der Waals surface area contributed by atoms with Crippen LogP contribution in [0, 0.1) is 0 Å². The van der Waals surface area contributed by atoms with Gasteiger partial charge in [0.2, 0.25) is 0 Å². The highest BCUT2D eigenvalue weighted by atomic mass is 15.1. The van der Waals surface area contributed by atoms with Crippen molar-refractivity contribution in [2.24, 2.45) is 0 Å². The maximum Gasteiger partial charge on any atom is 0.159 e. The Morgan fingerprint density at radius 1 is 1.20 bits per heavy atom. The molecule has 4 rings (SSSR count). The summed E-state index contributed by atoms with van der Waals surface area (Å²) in [5, 5.41) is 8.56. The smallest absolute Gasteiger partial charge is 0.159 e. The monoisotopic (exact) mass is 327 g/mol. The van der Waals surface area contributed by atoms with E-state index in [-0.39, 0.29) is 0 Å². The number of hydrogen-bond acceptors (Lipinski definition) is 3.